The Morgan fingerprint density at radius 1 is 1.60 bits per heavy atom. The summed E-state index contributed by atoms with van der Waals surface area (Å²) in [6.07, 6.45) is 2.22. The Labute approximate surface area is 88.8 Å². The number of rotatable bonds is 6. The molecule has 0 saturated heterocycles. The molecule has 0 spiro atoms. The highest BCUT2D eigenvalue weighted by Gasteiger charge is 2.07. The number of aromatic carboxylic acids is 1. The van der Waals surface area contributed by atoms with Crippen molar-refractivity contribution in [2.75, 3.05) is 6.61 Å². The van der Waals surface area contributed by atoms with Crippen molar-refractivity contribution < 1.29 is 19.1 Å². The molecule has 15 heavy (non-hydrogen) atoms. The zero-order valence-electron chi connectivity index (χ0n) is 9.03. The Kier molecular flexibility index (Phi) is 4.37. The number of carboxylic acids is 1. The van der Waals surface area contributed by atoms with Gasteiger partial charge in [-0.15, -0.1) is 0 Å². The van der Waals surface area contributed by atoms with Gasteiger partial charge in [0.05, 0.1) is 5.56 Å². The maximum absolute atomic E-state index is 10.5. The maximum Gasteiger partial charge on any atom is 0.338 e. The monoisotopic (exact) mass is 212 g/mol. The highest BCUT2D eigenvalue weighted by atomic mass is 16.5. The fourth-order valence-corrected chi connectivity index (χ4v) is 1.06. The molecule has 0 aliphatic carbocycles. The predicted octanol–water partition coefficient (Wildman–Crippen LogP) is 2.54. The molecule has 1 rings (SSSR count). The van der Waals surface area contributed by atoms with Gasteiger partial charge in [0.25, 0.3) is 0 Å². The van der Waals surface area contributed by atoms with Crippen LogP contribution in [0.2, 0.25) is 0 Å². The van der Waals surface area contributed by atoms with Gasteiger partial charge in [-0.25, -0.2) is 4.79 Å². The number of furan rings is 1. The van der Waals surface area contributed by atoms with E-state index in [1.165, 1.54) is 12.3 Å². The van der Waals surface area contributed by atoms with Crippen LogP contribution in [0, 0.1) is 5.92 Å². The van der Waals surface area contributed by atoms with Crippen LogP contribution in [0.5, 0.6) is 0 Å². The summed E-state index contributed by atoms with van der Waals surface area (Å²) in [5.74, 6) is 0.180. The van der Waals surface area contributed by atoms with Crippen LogP contribution in [-0.2, 0) is 11.3 Å². The summed E-state index contributed by atoms with van der Waals surface area (Å²) in [7, 11) is 0. The molecule has 1 aromatic rings. The van der Waals surface area contributed by atoms with Crippen LogP contribution in [0.3, 0.4) is 0 Å². The quantitative estimate of drug-likeness (QED) is 0.736. The number of carbonyl (C=O) groups is 1. The van der Waals surface area contributed by atoms with E-state index >= 15 is 0 Å². The molecule has 0 unspecified atom stereocenters. The Morgan fingerprint density at radius 2 is 2.33 bits per heavy atom. The molecule has 0 radical (unpaired) electrons. The van der Waals surface area contributed by atoms with Gasteiger partial charge in [-0.3, -0.25) is 0 Å². The zero-order valence-corrected chi connectivity index (χ0v) is 9.03. The molecule has 1 N–H and O–H groups in total. The molecule has 0 atom stereocenters. The lowest BCUT2D eigenvalue weighted by atomic mass is 10.1. The van der Waals surface area contributed by atoms with E-state index in [9.17, 15) is 4.79 Å². The lowest BCUT2D eigenvalue weighted by Gasteiger charge is -2.04. The van der Waals surface area contributed by atoms with Crippen molar-refractivity contribution in [3.05, 3.63) is 23.7 Å². The topological polar surface area (TPSA) is 59.7 Å². The predicted molar refractivity (Wildman–Crippen MR) is 54.8 cm³/mol. The summed E-state index contributed by atoms with van der Waals surface area (Å²) in [5, 5.41) is 8.64. The van der Waals surface area contributed by atoms with Crippen LogP contribution in [0.4, 0.5) is 0 Å². The molecule has 0 amide bonds. The Hall–Kier alpha value is -1.29. The molecule has 0 aliphatic rings. The second-order valence-electron chi connectivity index (χ2n) is 3.84. The van der Waals surface area contributed by atoms with Gasteiger partial charge in [0.1, 0.15) is 18.6 Å². The molecule has 4 heteroatoms. The normalized spacial score (nSPS) is 10.9. The Bertz CT molecular complexity index is 314. The van der Waals surface area contributed by atoms with E-state index in [-0.39, 0.29) is 5.56 Å². The second-order valence-corrected chi connectivity index (χ2v) is 3.84. The van der Waals surface area contributed by atoms with E-state index in [1.807, 2.05) is 0 Å². The van der Waals surface area contributed by atoms with E-state index in [1.54, 1.807) is 0 Å². The van der Waals surface area contributed by atoms with Crippen LogP contribution in [0.15, 0.2) is 16.7 Å². The first-order chi connectivity index (χ1) is 7.09. The van der Waals surface area contributed by atoms with Gasteiger partial charge in [-0.1, -0.05) is 13.8 Å². The van der Waals surface area contributed by atoms with Crippen LogP contribution in [0.25, 0.3) is 0 Å². The van der Waals surface area contributed by atoms with Gasteiger partial charge in [0.15, 0.2) is 0 Å². The van der Waals surface area contributed by atoms with E-state index in [2.05, 4.69) is 13.8 Å². The molecule has 4 nitrogen and oxygen atoms in total. The Morgan fingerprint density at radius 3 is 2.87 bits per heavy atom. The van der Waals surface area contributed by atoms with Crippen molar-refractivity contribution in [2.45, 2.75) is 26.9 Å². The fourth-order valence-electron chi connectivity index (χ4n) is 1.06. The molecule has 0 aromatic carbocycles. The summed E-state index contributed by atoms with van der Waals surface area (Å²) >= 11 is 0. The standard InChI is InChI=1S/C11H16O4/c1-8(2)3-4-14-7-10-5-9(6-15-10)11(12)13/h5-6,8H,3-4,7H2,1-2H3,(H,12,13). The molecule has 0 aliphatic heterocycles. The van der Waals surface area contributed by atoms with E-state index < -0.39 is 5.97 Å². The summed E-state index contributed by atoms with van der Waals surface area (Å²) in [6.45, 7) is 5.25. The van der Waals surface area contributed by atoms with Crippen molar-refractivity contribution in [1.82, 2.24) is 0 Å². The summed E-state index contributed by atoms with van der Waals surface area (Å²) in [4.78, 5) is 10.5. The van der Waals surface area contributed by atoms with Gasteiger partial charge < -0.3 is 14.3 Å². The van der Waals surface area contributed by atoms with Crippen molar-refractivity contribution in [2.24, 2.45) is 5.92 Å². The third kappa shape index (κ3) is 4.16. The number of ether oxygens (including phenoxy) is 1. The van der Waals surface area contributed by atoms with Gasteiger partial charge in [0.2, 0.25) is 0 Å². The molecule has 0 saturated carbocycles. The SMILES string of the molecule is CC(C)CCOCc1cc(C(=O)O)co1. The first-order valence-corrected chi connectivity index (χ1v) is 4.98. The largest absolute Gasteiger partial charge is 0.478 e. The highest BCUT2D eigenvalue weighted by Crippen LogP contribution is 2.09. The molecular formula is C11H16O4. The zero-order chi connectivity index (χ0) is 11.3. The number of carboxylic acid groups (broad SMARTS) is 1. The van der Waals surface area contributed by atoms with Gasteiger partial charge >= 0.3 is 5.97 Å². The highest BCUT2D eigenvalue weighted by molar-refractivity contribution is 5.87. The van der Waals surface area contributed by atoms with Gasteiger partial charge in [0, 0.05) is 6.61 Å². The fraction of sp³-hybridized carbons (Fsp3) is 0.545. The van der Waals surface area contributed by atoms with Crippen LogP contribution >= 0.6 is 0 Å². The first-order valence-electron chi connectivity index (χ1n) is 4.98. The summed E-state index contributed by atoms with van der Waals surface area (Å²) < 4.78 is 10.4. The molecular weight excluding hydrogens is 196 g/mol. The van der Waals surface area contributed by atoms with Gasteiger partial charge in [-0.2, -0.15) is 0 Å². The third-order valence-corrected chi connectivity index (χ3v) is 1.98. The minimum atomic E-state index is -0.979. The van der Waals surface area contributed by atoms with Crippen LogP contribution in [0.1, 0.15) is 36.4 Å². The molecule has 1 heterocycles. The lowest BCUT2D eigenvalue weighted by molar-refractivity contribution is 0.0696. The van der Waals surface area contributed by atoms with E-state index in [4.69, 9.17) is 14.3 Å². The lowest BCUT2D eigenvalue weighted by Crippen LogP contribution is -1.98. The van der Waals surface area contributed by atoms with Crippen LogP contribution in [-0.4, -0.2) is 17.7 Å². The number of hydrogen-bond donors (Lipinski definition) is 1. The maximum atomic E-state index is 10.5. The average molecular weight is 212 g/mol. The summed E-state index contributed by atoms with van der Waals surface area (Å²) in [6, 6.07) is 1.48. The Balaban J connectivity index is 2.29. The van der Waals surface area contributed by atoms with E-state index in [0.29, 0.717) is 24.9 Å². The molecule has 0 bridgehead atoms. The van der Waals surface area contributed by atoms with Crippen molar-refractivity contribution >= 4 is 5.97 Å². The summed E-state index contributed by atoms with van der Waals surface area (Å²) in [5.41, 5.74) is 0.164. The minimum Gasteiger partial charge on any atom is -0.478 e. The van der Waals surface area contributed by atoms with E-state index in [0.717, 1.165) is 6.42 Å². The molecule has 84 valence electrons. The average Bonchev–Trinajstić information content (AvgIpc) is 2.60. The molecule has 1 aromatic heterocycles. The minimum absolute atomic E-state index is 0.164. The first kappa shape index (κ1) is 11.8. The molecule has 0 fully saturated rings. The van der Waals surface area contributed by atoms with Gasteiger partial charge in [-0.05, 0) is 18.4 Å². The number of hydrogen-bond acceptors (Lipinski definition) is 3. The van der Waals surface area contributed by atoms with Crippen molar-refractivity contribution in [1.29, 1.82) is 0 Å². The van der Waals surface area contributed by atoms with Crippen molar-refractivity contribution in [3.8, 4) is 0 Å². The van der Waals surface area contributed by atoms with Crippen molar-refractivity contribution in [3.63, 3.8) is 0 Å². The smallest absolute Gasteiger partial charge is 0.338 e. The van der Waals surface area contributed by atoms with Crippen LogP contribution < -0.4 is 0 Å². The second kappa shape index (κ2) is 5.56. The third-order valence-electron chi connectivity index (χ3n) is 1.98.